The summed E-state index contributed by atoms with van der Waals surface area (Å²) >= 11 is 0. The first-order chi connectivity index (χ1) is 16.5. The topological polar surface area (TPSA) is 92.7 Å². The molecule has 3 heterocycles. The maximum Gasteiger partial charge on any atom is 0.225 e. The third-order valence-corrected chi connectivity index (χ3v) is 9.40. The van der Waals surface area contributed by atoms with Gasteiger partial charge in [-0.3, -0.25) is 4.79 Å². The molecule has 8 nitrogen and oxygen atoms in total. The quantitative estimate of drug-likeness (QED) is 0.598. The van der Waals surface area contributed by atoms with Gasteiger partial charge in [0.15, 0.2) is 9.84 Å². The van der Waals surface area contributed by atoms with Gasteiger partial charge in [-0.15, -0.1) is 0 Å². The van der Waals surface area contributed by atoms with Gasteiger partial charge in [-0.25, -0.2) is 18.4 Å². The Morgan fingerprint density at radius 2 is 1.68 bits per heavy atom. The van der Waals surface area contributed by atoms with Crippen molar-refractivity contribution in [2.45, 2.75) is 42.2 Å². The summed E-state index contributed by atoms with van der Waals surface area (Å²) in [4.78, 5) is 25.5. The summed E-state index contributed by atoms with van der Waals surface area (Å²) in [5, 5.41) is -0.555. The predicted molar refractivity (Wildman–Crippen MR) is 127 cm³/mol. The van der Waals surface area contributed by atoms with Crippen molar-refractivity contribution in [3.63, 3.8) is 0 Å². The third kappa shape index (κ3) is 4.43. The Morgan fingerprint density at radius 3 is 2.32 bits per heavy atom. The smallest absolute Gasteiger partial charge is 0.225 e. The lowest BCUT2D eigenvalue weighted by Gasteiger charge is -2.39. The minimum atomic E-state index is -3.57. The fourth-order valence-corrected chi connectivity index (χ4v) is 6.42. The Bertz CT molecular complexity index is 1180. The van der Waals surface area contributed by atoms with E-state index in [4.69, 9.17) is 4.74 Å². The monoisotopic (exact) mass is 482 g/mol. The highest BCUT2D eigenvalue weighted by Gasteiger charge is 2.44. The standard InChI is InChI=1S/C25H30N4O4S/c30-25(18-3-4-18)29-15-23(16-29)34(31,32)22-11-19(10-21(12-22)28-5-7-33-8-6-28)20-13-26-24(27-14-20)9-17-1-2-17/h10-14,17-18,23H,1-9,15-16H2. The molecule has 0 atom stereocenters. The van der Waals surface area contributed by atoms with Crippen LogP contribution in [0.1, 0.15) is 31.5 Å². The van der Waals surface area contributed by atoms with Crippen LogP contribution in [0.25, 0.3) is 11.1 Å². The van der Waals surface area contributed by atoms with Crippen molar-refractivity contribution in [2.75, 3.05) is 44.3 Å². The van der Waals surface area contributed by atoms with E-state index in [1.165, 1.54) is 12.8 Å². The zero-order chi connectivity index (χ0) is 23.3. The van der Waals surface area contributed by atoms with E-state index in [1.54, 1.807) is 29.4 Å². The number of sulfone groups is 1. The average molecular weight is 483 g/mol. The molecule has 9 heteroatoms. The third-order valence-electron chi connectivity index (χ3n) is 7.33. The number of benzene rings is 1. The van der Waals surface area contributed by atoms with Crippen LogP contribution in [0.2, 0.25) is 0 Å². The van der Waals surface area contributed by atoms with Gasteiger partial charge in [0, 0.05) is 62.2 Å². The van der Waals surface area contributed by atoms with Gasteiger partial charge in [0.2, 0.25) is 5.91 Å². The number of amides is 1. The summed E-state index contributed by atoms with van der Waals surface area (Å²) < 4.78 is 32.6. The molecule has 0 spiro atoms. The van der Waals surface area contributed by atoms with Gasteiger partial charge in [-0.2, -0.15) is 0 Å². The summed E-state index contributed by atoms with van der Waals surface area (Å²) in [6, 6.07) is 5.54. The molecule has 0 N–H and O–H groups in total. The van der Waals surface area contributed by atoms with Gasteiger partial charge < -0.3 is 14.5 Å². The zero-order valence-corrected chi connectivity index (χ0v) is 20.0. The van der Waals surface area contributed by atoms with Crippen molar-refractivity contribution in [1.29, 1.82) is 0 Å². The second kappa shape index (κ2) is 8.61. The molecule has 0 radical (unpaired) electrons. The molecule has 2 saturated carbocycles. The van der Waals surface area contributed by atoms with Crippen LogP contribution in [0.4, 0.5) is 5.69 Å². The first-order valence-electron chi connectivity index (χ1n) is 12.3. The second-order valence-electron chi connectivity index (χ2n) is 10.0. The number of morpholine rings is 1. The molecular formula is C25H30N4O4S. The Hall–Kier alpha value is -2.52. The highest BCUT2D eigenvalue weighted by atomic mass is 32.2. The van der Waals surface area contributed by atoms with Crippen LogP contribution in [0, 0.1) is 11.8 Å². The summed E-state index contributed by atoms with van der Waals surface area (Å²) in [5.41, 5.74) is 2.47. The number of anilines is 1. The lowest BCUT2D eigenvalue weighted by molar-refractivity contribution is -0.135. The van der Waals surface area contributed by atoms with E-state index < -0.39 is 15.1 Å². The summed E-state index contributed by atoms with van der Waals surface area (Å²) in [6.45, 7) is 3.24. The van der Waals surface area contributed by atoms with Crippen molar-refractivity contribution >= 4 is 21.4 Å². The predicted octanol–water partition coefficient (Wildman–Crippen LogP) is 2.33. The molecule has 0 bridgehead atoms. The fourth-order valence-electron chi connectivity index (χ4n) is 4.70. The van der Waals surface area contributed by atoms with Crippen LogP contribution >= 0.6 is 0 Å². The Kier molecular flexibility index (Phi) is 5.56. The number of rotatable bonds is 7. The number of hydrogen-bond donors (Lipinski definition) is 0. The van der Waals surface area contributed by atoms with Crippen LogP contribution in [-0.4, -0.2) is 73.8 Å². The Labute approximate surface area is 200 Å². The van der Waals surface area contributed by atoms with Gasteiger partial charge >= 0.3 is 0 Å². The maximum atomic E-state index is 13.6. The molecule has 2 saturated heterocycles. The number of ether oxygens (including phenoxy) is 1. The van der Waals surface area contributed by atoms with Gasteiger partial charge in [-0.1, -0.05) is 0 Å². The Morgan fingerprint density at radius 1 is 0.971 bits per heavy atom. The molecule has 180 valence electrons. The molecular weight excluding hydrogens is 452 g/mol. The zero-order valence-electron chi connectivity index (χ0n) is 19.2. The number of likely N-dealkylation sites (tertiary alicyclic amines) is 1. The number of nitrogens with zero attached hydrogens (tertiary/aromatic N) is 4. The lowest BCUT2D eigenvalue weighted by atomic mass is 10.1. The van der Waals surface area contributed by atoms with Gasteiger partial charge in [0.25, 0.3) is 0 Å². The minimum Gasteiger partial charge on any atom is -0.378 e. The van der Waals surface area contributed by atoms with E-state index in [-0.39, 0.29) is 24.9 Å². The summed E-state index contributed by atoms with van der Waals surface area (Å²) in [5.74, 6) is 1.78. The lowest BCUT2D eigenvalue weighted by Crippen LogP contribution is -2.57. The fraction of sp³-hybridized carbons (Fsp3) is 0.560. The number of aromatic nitrogens is 2. The molecule has 2 aliphatic carbocycles. The van der Waals surface area contributed by atoms with E-state index in [2.05, 4.69) is 14.9 Å². The maximum absolute atomic E-state index is 13.6. The van der Waals surface area contributed by atoms with Crippen molar-refractivity contribution in [3.8, 4) is 11.1 Å². The highest BCUT2D eigenvalue weighted by molar-refractivity contribution is 7.92. The van der Waals surface area contributed by atoms with E-state index in [0.717, 1.165) is 41.9 Å². The molecule has 2 aromatic rings. The van der Waals surface area contributed by atoms with Crippen molar-refractivity contribution in [2.24, 2.45) is 11.8 Å². The molecule has 0 unspecified atom stereocenters. The molecule has 1 aromatic heterocycles. The van der Waals surface area contributed by atoms with Gasteiger partial charge in [-0.05, 0) is 55.4 Å². The molecule has 1 amide bonds. The number of carbonyl (C=O) groups is 1. The largest absolute Gasteiger partial charge is 0.378 e. The van der Waals surface area contributed by atoms with E-state index in [9.17, 15) is 13.2 Å². The molecule has 6 rings (SSSR count). The first kappa shape index (κ1) is 22.0. The van der Waals surface area contributed by atoms with Crippen molar-refractivity contribution < 1.29 is 17.9 Å². The second-order valence-corrected chi connectivity index (χ2v) is 12.3. The van der Waals surface area contributed by atoms with Crippen LogP contribution < -0.4 is 4.90 Å². The van der Waals surface area contributed by atoms with E-state index >= 15 is 0 Å². The molecule has 1 aromatic carbocycles. The average Bonchev–Trinajstić information content (AvgIpc) is 3.73. The van der Waals surface area contributed by atoms with E-state index in [0.29, 0.717) is 37.1 Å². The van der Waals surface area contributed by atoms with E-state index in [1.807, 2.05) is 6.07 Å². The van der Waals surface area contributed by atoms with Gasteiger partial charge in [0.1, 0.15) is 11.1 Å². The summed E-state index contributed by atoms with van der Waals surface area (Å²) in [6.07, 6.45) is 8.87. The SMILES string of the molecule is O=C(C1CC1)N1CC(S(=O)(=O)c2cc(-c3cnc(CC4CC4)nc3)cc(N3CCOCC3)c2)C1. The molecule has 4 fully saturated rings. The number of carbonyl (C=O) groups excluding carboxylic acids is 1. The van der Waals surface area contributed by atoms with Crippen LogP contribution in [0.3, 0.4) is 0 Å². The molecule has 2 aliphatic heterocycles. The normalized spacial score (nSPS) is 21.4. The van der Waals surface area contributed by atoms with Crippen LogP contribution in [-0.2, 0) is 25.8 Å². The molecule has 4 aliphatic rings. The molecule has 34 heavy (non-hydrogen) atoms. The van der Waals surface area contributed by atoms with Crippen LogP contribution in [0.15, 0.2) is 35.5 Å². The number of hydrogen-bond acceptors (Lipinski definition) is 7. The van der Waals surface area contributed by atoms with Crippen LogP contribution in [0.5, 0.6) is 0 Å². The van der Waals surface area contributed by atoms with Gasteiger partial charge in [0.05, 0.1) is 18.1 Å². The van der Waals surface area contributed by atoms with Crippen molar-refractivity contribution in [1.82, 2.24) is 14.9 Å². The minimum absolute atomic E-state index is 0.109. The summed E-state index contributed by atoms with van der Waals surface area (Å²) in [7, 11) is -3.57. The first-order valence-corrected chi connectivity index (χ1v) is 13.8. The van der Waals surface area contributed by atoms with Crippen molar-refractivity contribution in [3.05, 3.63) is 36.4 Å². The highest BCUT2D eigenvalue weighted by Crippen LogP contribution is 2.36. The Balaban J connectivity index is 1.29.